The molecule has 0 saturated heterocycles. The number of amides is 1. The molecule has 0 atom stereocenters. The number of aryl methyl sites for hydroxylation is 1. The molecule has 23 heavy (non-hydrogen) atoms. The number of anilines is 1. The van der Waals surface area contributed by atoms with E-state index in [2.05, 4.69) is 14.9 Å². The van der Waals surface area contributed by atoms with Crippen LogP contribution in [0.1, 0.15) is 15.2 Å². The second-order valence-electron chi connectivity index (χ2n) is 5.00. The van der Waals surface area contributed by atoms with Crippen LogP contribution in [-0.2, 0) is 0 Å². The van der Waals surface area contributed by atoms with E-state index < -0.39 is 0 Å². The summed E-state index contributed by atoms with van der Waals surface area (Å²) in [5.74, 6) is 0.452. The van der Waals surface area contributed by atoms with Crippen molar-refractivity contribution in [2.24, 2.45) is 0 Å². The van der Waals surface area contributed by atoms with Crippen LogP contribution in [0.2, 0.25) is 0 Å². The van der Waals surface area contributed by atoms with Crippen LogP contribution < -0.4 is 10.1 Å². The molecule has 0 fully saturated rings. The Morgan fingerprint density at radius 2 is 1.96 bits per heavy atom. The van der Waals surface area contributed by atoms with Gasteiger partial charge in [-0.05, 0) is 30.6 Å². The van der Waals surface area contributed by atoms with Crippen LogP contribution in [0, 0.1) is 6.92 Å². The van der Waals surface area contributed by atoms with Crippen LogP contribution in [0.4, 0.5) is 5.69 Å². The van der Waals surface area contributed by atoms with E-state index in [1.165, 1.54) is 0 Å². The van der Waals surface area contributed by atoms with Gasteiger partial charge in [-0.25, -0.2) is 0 Å². The average Bonchev–Trinajstić information content (AvgIpc) is 3.05. The highest BCUT2D eigenvalue weighted by molar-refractivity contribution is 7.08. The molecule has 0 aliphatic rings. The number of benzene rings is 2. The Kier molecular flexibility index (Phi) is 4.34. The highest BCUT2D eigenvalue weighted by atomic mass is 32.1. The number of nitrogens with zero attached hydrogens (tertiary/aromatic N) is 2. The number of ether oxygens (including phenoxy) is 1. The number of rotatable bonds is 4. The summed E-state index contributed by atoms with van der Waals surface area (Å²) in [6.45, 7) is 2.01. The van der Waals surface area contributed by atoms with Crippen molar-refractivity contribution in [3.8, 4) is 17.0 Å². The lowest BCUT2D eigenvalue weighted by atomic mass is 10.1. The minimum atomic E-state index is -0.233. The molecule has 1 aromatic heterocycles. The number of aromatic nitrogens is 2. The zero-order valence-corrected chi connectivity index (χ0v) is 13.6. The molecule has 0 bridgehead atoms. The molecule has 0 spiro atoms. The maximum Gasteiger partial charge on any atom is 0.269 e. The van der Waals surface area contributed by atoms with Crippen molar-refractivity contribution in [1.29, 1.82) is 0 Å². The SMILES string of the molecule is COc1cccc(NC(=O)c2snnc2-c2ccc(C)cc2)c1. The summed E-state index contributed by atoms with van der Waals surface area (Å²) in [6, 6.07) is 15.1. The number of hydrogen-bond donors (Lipinski definition) is 1. The van der Waals surface area contributed by atoms with Gasteiger partial charge in [-0.1, -0.05) is 40.4 Å². The topological polar surface area (TPSA) is 64.1 Å². The van der Waals surface area contributed by atoms with E-state index in [-0.39, 0.29) is 5.91 Å². The summed E-state index contributed by atoms with van der Waals surface area (Å²) >= 11 is 1.08. The van der Waals surface area contributed by atoms with Gasteiger partial charge in [-0.2, -0.15) is 0 Å². The lowest BCUT2D eigenvalue weighted by molar-refractivity contribution is 0.103. The van der Waals surface area contributed by atoms with Crippen molar-refractivity contribution >= 4 is 23.1 Å². The summed E-state index contributed by atoms with van der Waals surface area (Å²) < 4.78 is 9.08. The summed E-state index contributed by atoms with van der Waals surface area (Å²) in [5, 5.41) is 6.95. The number of nitrogens with one attached hydrogen (secondary N) is 1. The van der Waals surface area contributed by atoms with Crippen LogP contribution in [-0.4, -0.2) is 22.6 Å². The average molecular weight is 325 g/mol. The van der Waals surface area contributed by atoms with Gasteiger partial charge in [0.15, 0.2) is 0 Å². The molecule has 1 amide bonds. The van der Waals surface area contributed by atoms with Gasteiger partial charge in [-0.15, -0.1) is 5.10 Å². The maximum atomic E-state index is 12.5. The largest absolute Gasteiger partial charge is 0.497 e. The molecule has 0 unspecified atom stereocenters. The van der Waals surface area contributed by atoms with E-state index in [9.17, 15) is 4.79 Å². The van der Waals surface area contributed by atoms with Crippen LogP contribution in [0.5, 0.6) is 5.75 Å². The standard InChI is InChI=1S/C17H15N3O2S/c1-11-6-8-12(9-7-11)15-16(23-20-19-15)17(21)18-13-4-3-5-14(10-13)22-2/h3-10H,1-2H3,(H,18,21). The predicted octanol–water partition coefficient (Wildman–Crippen LogP) is 3.77. The molecule has 5 nitrogen and oxygen atoms in total. The van der Waals surface area contributed by atoms with Gasteiger partial charge >= 0.3 is 0 Å². The van der Waals surface area contributed by atoms with Crippen molar-refractivity contribution in [2.75, 3.05) is 12.4 Å². The van der Waals surface area contributed by atoms with Gasteiger partial charge in [-0.3, -0.25) is 4.79 Å². The quantitative estimate of drug-likeness (QED) is 0.793. The zero-order chi connectivity index (χ0) is 16.2. The van der Waals surface area contributed by atoms with E-state index in [0.717, 1.165) is 22.7 Å². The van der Waals surface area contributed by atoms with Crippen molar-refractivity contribution in [3.63, 3.8) is 0 Å². The Bertz CT molecular complexity index is 828. The first-order valence-corrected chi connectivity index (χ1v) is 7.79. The van der Waals surface area contributed by atoms with E-state index in [4.69, 9.17) is 4.74 Å². The third-order valence-electron chi connectivity index (χ3n) is 3.35. The van der Waals surface area contributed by atoms with Crippen LogP contribution in [0.25, 0.3) is 11.3 Å². The molecule has 116 valence electrons. The normalized spacial score (nSPS) is 10.3. The maximum absolute atomic E-state index is 12.5. The lowest BCUT2D eigenvalue weighted by Gasteiger charge is -2.06. The van der Waals surface area contributed by atoms with Gasteiger partial charge in [0.05, 0.1) is 7.11 Å². The van der Waals surface area contributed by atoms with Crippen LogP contribution >= 0.6 is 11.5 Å². The Balaban J connectivity index is 1.86. The Morgan fingerprint density at radius 3 is 2.70 bits per heavy atom. The zero-order valence-electron chi connectivity index (χ0n) is 12.7. The van der Waals surface area contributed by atoms with Gasteiger partial charge in [0.2, 0.25) is 0 Å². The molecule has 0 aliphatic carbocycles. The molecule has 0 radical (unpaired) electrons. The first kappa shape index (κ1) is 15.2. The fourth-order valence-corrected chi connectivity index (χ4v) is 2.71. The van der Waals surface area contributed by atoms with Gasteiger partial charge in [0.25, 0.3) is 5.91 Å². The van der Waals surface area contributed by atoms with E-state index in [1.807, 2.05) is 43.3 Å². The van der Waals surface area contributed by atoms with E-state index >= 15 is 0 Å². The molecule has 6 heteroatoms. The smallest absolute Gasteiger partial charge is 0.269 e. The minimum absolute atomic E-state index is 0.233. The third kappa shape index (κ3) is 3.37. The Morgan fingerprint density at radius 1 is 1.17 bits per heavy atom. The molecular weight excluding hydrogens is 310 g/mol. The fourth-order valence-electron chi connectivity index (χ4n) is 2.13. The summed E-state index contributed by atoms with van der Waals surface area (Å²) in [5.41, 5.74) is 3.28. The second kappa shape index (κ2) is 6.58. The molecule has 1 heterocycles. The van der Waals surface area contributed by atoms with Gasteiger partial charge < -0.3 is 10.1 Å². The third-order valence-corrected chi connectivity index (χ3v) is 4.07. The Hall–Kier alpha value is -2.73. The predicted molar refractivity (Wildman–Crippen MR) is 91.0 cm³/mol. The molecular formula is C17H15N3O2S. The van der Waals surface area contributed by atoms with E-state index in [0.29, 0.717) is 22.0 Å². The molecule has 3 aromatic rings. The molecule has 3 rings (SSSR count). The summed E-state index contributed by atoms with van der Waals surface area (Å²) in [4.78, 5) is 13.0. The van der Waals surface area contributed by atoms with Crippen LogP contribution in [0.3, 0.4) is 0 Å². The molecule has 0 aliphatic heterocycles. The molecule has 0 saturated carbocycles. The van der Waals surface area contributed by atoms with Crippen LogP contribution in [0.15, 0.2) is 48.5 Å². The summed E-state index contributed by atoms with van der Waals surface area (Å²) in [7, 11) is 1.59. The Labute approximate surface area is 138 Å². The minimum Gasteiger partial charge on any atom is -0.497 e. The van der Waals surface area contributed by atoms with E-state index in [1.54, 1.807) is 19.2 Å². The number of carbonyl (C=O) groups is 1. The monoisotopic (exact) mass is 325 g/mol. The number of carbonyl (C=O) groups excluding carboxylic acids is 1. The molecule has 2 aromatic carbocycles. The molecule has 1 N–H and O–H groups in total. The fraction of sp³-hybridized carbons (Fsp3) is 0.118. The summed E-state index contributed by atoms with van der Waals surface area (Å²) in [6.07, 6.45) is 0. The number of hydrogen-bond acceptors (Lipinski definition) is 5. The highest BCUT2D eigenvalue weighted by Gasteiger charge is 2.18. The van der Waals surface area contributed by atoms with Crippen molar-refractivity contribution in [3.05, 3.63) is 59.0 Å². The number of methoxy groups -OCH3 is 1. The first-order valence-electron chi connectivity index (χ1n) is 7.02. The highest BCUT2D eigenvalue weighted by Crippen LogP contribution is 2.25. The van der Waals surface area contributed by atoms with Crippen molar-refractivity contribution < 1.29 is 9.53 Å². The van der Waals surface area contributed by atoms with Crippen molar-refractivity contribution in [2.45, 2.75) is 6.92 Å². The first-order chi connectivity index (χ1) is 11.2. The van der Waals surface area contributed by atoms with Crippen molar-refractivity contribution in [1.82, 2.24) is 9.59 Å². The van der Waals surface area contributed by atoms with Gasteiger partial charge in [0, 0.05) is 17.3 Å². The van der Waals surface area contributed by atoms with Gasteiger partial charge in [0.1, 0.15) is 16.3 Å². The lowest BCUT2D eigenvalue weighted by Crippen LogP contribution is -2.11. The second-order valence-corrected chi connectivity index (χ2v) is 5.76.